The average Bonchev–Trinajstić information content (AvgIpc) is 2.93. The number of hydrazine groups is 1. The monoisotopic (exact) mass is 670 g/mol. The number of benzene rings is 2. The Labute approximate surface area is 281 Å². The van der Waals surface area contributed by atoms with Crippen LogP contribution < -0.4 is 10.7 Å². The molecule has 0 unspecified atom stereocenters. The Morgan fingerprint density at radius 1 is 0.889 bits per heavy atom. The molecule has 0 saturated carbocycles. The van der Waals surface area contributed by atoms with E-state index in [1.165, 1.54) is 6.07 Å². The van der Waals surface area contributed by atoms with E-state index in [-0.39, 0.29) is 62.9 Å². The van der Waals surface area contributed by atoms with Crippen LogP contribution in [-0.2, 0) is 11.2 Å². The van der Waals surface area contributed by atoms with Crippen LogP contribution in [0.15, 0.2) is 36.4 Å². The highest BCUT2D eigenvalue weighted by Gasteiger charge is 2.26. The molecule has 2 aromatic carbocycles. The molecule has 2 atom stereocenters. The first-order valence-corrected chi connectivity index (χ1v) is 15.3. The number of hydrogen-bond donors (Lipinski definition) is 3. The van der Waals surface area contributed by atoms with Crippen LogP contribution in [0.4, 0.5) is 8.78 Å². The van der Waals surface area contributed by atoms with Crippen molar-refractivity contribution in [3.63, 3.8) is 0 Å². The van der Waals surface area contributed by atoms with Gasteiger partial charge in [0.2, 0.25) is 5.91 Å². The number of hydrogen-bond acceptors (Lipinski definition) is 5. The molecule has 0 aliphatic rings. The van der Waals surface area contributed by atoms with E-state index in [0.29, 0.717) is 44.0 Å². The second-order valence-corrected chi connectivity index (χ2v) is 11.5. The van der Waals surface area contributed by atoms with Crippen molar-refractivity contribution in [3.8, 4) is 0 Å². The summed E-state index contributed by atoms with van der Waals surface area (Å²) in [7, 11) is 0. The van der Waals surface area contributed by atoms with Gasteiger partial charge in [-0.15, -0.1) is 0 Å². The lowest BCUT2D eigenvalue weighted by molar-refractivity contribution is -0.126. The molecule has 254 valence electrons. The molecular weight excluding hydrogens is 619 g/mol. The van der Waals surface area contributed by atoms with E-state index in [4.69, 9.17) is 0 Å². The van der Waals surface area contributed by atoms with Crippen molar-refractivity contribution in [2.75, 3.05) is 26.2 Å². The molecule has 2 rings (SSSR count). The smallest absolute Gasteiger partial charge is 0.253 e. The number of rotatable bonds is 17. The number of aliphatic hydroxyl groups is 1. The molecule has 8 nitrogen and oxygen atoms in total. The van der Waals surface area contributed by atoms with E-state index in [9.17, 15) is 28.3 Å². The zero-order valence-electron chi connectivity index (χ0n) is 27.4. The van der Waals surface area contributed by atoms with Gasteiger partial charge in [0, 0.05) is 49.8 Å². The van der Waals surface area contributed by atoms with E-state index < -0.39 is 29.7 Å². The highest BCUT2D eigenvalue weighted by atomic mass is 32.1. The number of aryl methyl sites for hydroxylation is 1. The van der Waals surface area contributed by atoms with Crippen molar-refractivity contribution in [1.82, 2.24) is 20.7 Å². The molecular formula is C33H52F2N4O4S2. The van der Waals surface area contributed by atoms with Crippen molar-refractivity contribution in [2.24, 2.45) is 5.92 Å². The number of carbonyl (C=O) groups is 3. The zero-order valence-corrected chi connectivity index (χ0v) is 29.4. The van der Waals surface area contributed by atoms with Gasteiger partial charge in [0.05, 0.1) is 12.1 Å². The third-order valence-corrected chi connectivity index (χ3v) is 7.04. The normalized spacial score (nSPS) is 12.2. The molecule has 12 heteroatoms. The molecule has 0 aromatic heterocycles. The lowest BCUT2D eigenvalue weighted by Gasteiger charge is -2.30. The Kier molecular flexibility index (Phi) is 19.9. The number of aliphatic hydroxyl groups excluding tert-OH is 1. The number of likely N-dealkylation sites (N-methyl/N-ethyl adjacent to an activating group) is 1. The van der Waals surface area contributed by atoms with Crippen molar-refractivity contribution in [1.29, 1.82) is 0 Å². The van der Waals surface area contributed by atoms with E-state index >= 15 is 0 Å². The van der Waals surface area contributed by atoms with Crippen LogP contribution in [-0.4, -0.2) is 71.1 Å². The Morgan fingerprint density at radius 2 is 1.47 bits per heavy atom. The zero-order chi connectivity index (χ0) is 32.1. The lowest BCUT2D eigenvalue weighted by Crippen LogP contribution is -2.53. The SMILES string of the molecule is CCCN(CCC)C(=O)c1cc(C)cc(C(=O)N[C@@H](Cc2cc(F)cc(F)c2)[C@@H](O)CN(CC)NC(=O)CCC(C)C)c1.S.S. The Balaban J connectivity index is 0.00000968. The van der Waals surface area contributed by atoms with E-state index in [0.717, 1.165) is 36.6 Å². The number of halogens is 2. The van der Waals surface area contributed by atoms with Gasteiger partial charge in [-0.05, 0) is 80.0 Å². The molecule has 0 heterocycles. The highest BCUT2D eigenvalue weighted by molar-refractivity contribution is 7.59. The number of carbonyl (C=O) groups excluding carboxylic acids is 3. The van der Waals surface area contributed by atoms with Crippen LogP contribution in [0.25, 0.3) is 0 Å². The van der Waals surface area contributed by atoms with Gasteiger partial charge in [0.1, 0.15) is 11.6 Å². The van der Waals surface area contributed by atoms with Gasteiger partial charge in [0.15, 0.2) is 0 Å². The number of amides is 3. The van der Waals surface area contributed by atoms with Gasteiger partial charge in [-0.1, -0.05) is 34.6 Å². The highest BCUT2D eigenvalue weighted by Crippen LogP contribution is 2.16. The molecule has 0 fully saturated rings. The maximum atomic E-state index is 14.0. The van der Waals surface area contributed by atoms with Crippen LogP contribution in [0.1, 0.15) is 92.1 Å². The largest absolute Gasteiger partial charge is 0.390 e. The summed E-state index contributed by atoms with van der Waals surface area (Å²) >= 11 is 0. The van der Waals surface area contributed by atoms with Crippen LogP contribution >= 0.6 is 27.0 Å². The summed E-state index contributed by atoms with van der Waals surface area (Å²) in [5.41, 5.74) is 4.38. The first kappa shape index (κ1) is 42.3. The third-order valence-electron chi connectivity index (χ3n) is 7.04. The van der Waals surface area contributed by atoms with Crippen molar-refractivity contribution < 1.29 is 28.3 Å². The fourth-order valence-electron chi connectivity index (χ4n) is 4.85. The van der Waals surface area contributed by atoms with Crippen molar-refractivity contribution in [2.45, 2.75) is 85.8 Å². The topological polar surface area (TPSA) is 102 Å². The van der Waals surface area contributed by atoms with Gasteiger partial charge in [-0.3, -0.25) is 19.8 Å². The number of nitrogens with one attached hydrogen (secondary N) is 2. The minimum atomic E-state index is -1.21. The van der Waals surface area contributed by atoms with E-state index in [1.807, 2.05) is 34.6 Å². The van der Waals surface area contributed by atoms with Gasteiger partial charge in [-0.2, -0.15) is 27.0 Å². The predicted octanol–water partition coefficient (Wildman–Crippen LogP) is 5.25. The van der Waals surface area contributed by atoms with Gasteiger partial charge in [-0.25, -0.2) is 13.8 Å². The molecule has 2 aromatic rings. The minimum absolute atomic E-state index is 0. The molecule has 0 aliphatic heterocycles. The standard InChI is InChI=1S/C33H48F2N4O4.2H2S/c1-7-12-38(13-8-2)33(43)26-15-23(6)14-25(19-26)32(42)36-29(18-24-16-27(34)20-28(35)17-24)30(40)21-39(9-3)37-31(41)11-10-22(4)5;;/h14-17,19-20,22,29-30,40H,7-13,18,21H2,1-6H3,(H,36,42)(H,37,41);2*1H2/t29-,30-;;/m0../s1. The summed E-state index contributed by atoms with van der Waals surface area (Å²) < 4.78 is 28.0. The fraction of sp³-hybridized carbons (Fsp3) is 0.545. The molecule has 0 bridgehead atoms. The van der Waals surface area contributed by atoms with Gasteiger partial charge < -0.3 is 15.3 Å². The second-order valence-electron chi connectivity index (χ2n) is 11.5. The summed E-state index contributed by atoms with van der Waals surface area (Å²) in [6, 6.07) is 7.01. The minimum Gasteiger partial charge on any atom is -0.390 e. The summed E-state index contributed by atoms with van der Waals surface area (Å²) in [6.45, 7) is 13.2. The maximum absolute atomic E-state index is 14.0. The summed E-state index contributed by atoms with van der Waals surface area (Å²) in [4.78, 5) is 41.0. The lowest BCUT2D eigenvalue weighted by atomic mass is 9.99. The molecule has 0 saturated heterocycles. The van der Waals surface area contributed by atoms with Gasteiger partial charge >= 0.3 is 0 Å². The van der Waals surface area contributed by atoms with E-state index in [2.05, 4.69) is 10.7 Å². The maximum Gasteiger partial charge on any atom is 0.253 e. The van der Waals surface area contributed by atoms with Crippen molar-refractivity contribution in [3.05, 3.63) is 70.3 Å². The van der Waals surface area contributed by atoms with Crippen molar-refractivity contribution >= 4 is 44.7 Å². The van der Waals surface area contributed by atoms with Crippen LogP contribution in [0.5, 0.6) is 0 Å². The molecule has 0 spiro atoms. The van der Waals surface area contributed by atoms with E-state index in [1.54, 1.807) is 29.0 Å². The predicted molar refractivity (Wildman–Crippen MR) is 185 cm³/mol. The first-order chi connectivity index (χ1) is 20.4. The molecule has 3 N–H and O–H groups in total. The molecule has 0 aliphatic carbocycles. The average molecular weight is 671 g/mol. The third kappa shape index (κ3) is 14.5. The van der Waals surface area contributed by atoms with Crippen LogP contribution in [0.3, 0.4) is 0 Å². The Bertz CT molecular complexity index is 1210. The number of nitrogens with zero attached hydrogens (tertiary/aromatic N) is 2. The second kappa shape index (κ2) is 21.2. The summed E-state index contributed by atoms with van der Waals surface area (Å²) in [5.74, 6) is -2.08. The first-order valence-electron chi connectivity index (χ1n) is 15.3. The van der Waals surface area contributed by atoms with Crippen LogP contribution in [0.2, 0.25) is 0 Å². The molecule has 3 amide bonds. The van der Waals surface area contributed by atoms with Crippen LogP contribution in [0, 0.1) is 24.5 Å². The van der Waals surface area contributed by atoms with Gasteiger partial charge in [0.25, 0.3) is 11.8 Å². The Hall–Kier alpha value is -2.67. The summed E-state index contributed by atoms with van der Waals surface area (Å²) in [5, 5.41) is 15.6. The Morgan fingerprint density at radius 3 is 2.00 bits per heavy atom. The molecule has 45 heavy (non-hydrogen) atoms. The summed E-state index contributed by atoms with van der Waals surface area (Å²) in [6.07, 6.45) is 1.37. The fourth-order valence-corrected chi connectivity index (χ4v) is 4.85. The quantitative estimate of drug-likeness (QED) is 0.200. The molecule has 0 radical (unpaired) electrons.